The number of nitrogens with zero attached hydrogens (tertiary/aromatic N) is 1. The van der Waals surface area contributed by atoms with Gasteiger partial charge in [-0.05, 0) is 77.0 Å². The Kier molecular flexibility index (Phi) is 44.8. The Labute approximate surface area is 393 Å². The molecule has 0 bridgehead atoms. The molecular formula is C55H100NO8+. The van der Waals surface area contributed by atoms with Crippen LogP contribution in [-0.2, 0) is 33.3 Å². The second-order valence-corrected chi connectivity index (χ2v) is 18.8. The van der Waals surface area contributed by atoms with E-state index < -0.39 is 24.3 Å². The number of aliphatic carboxylic acids is 1. The molecule has 0 aliphatic heterocycles. The number of hydrogen-bond donors (Lipinski definition) is 1. The minimum Gasteiger partial charge on any atom is -0.477 e. The fourth-order valence-corrected chi connectivity index (χ4v) is 7.19. The molecule has 0 aromatic heterocycles. The fourth-order valence-electron chi connectivity index (χ4n) is 7.19. The highest BCUT2D eigenvalue weighted by Crippen LogP contribution is 2.15. The molecular weight excluding hydrogens is 803 g/mol. The van der Waals surface area contributed by atoms with E-state index in [0.29, 0.717) is 17.4 Å². The number of carbonyl (C=O) groups excluding carboxylic acids is 2. The van der Waals surface area contributed by atoms with Crippen molar-refractivity contribution in [1.29, 1.82) is 0 Å². The van der Waals surface area contributed by atoms with Crippen molar-refractivity contribution in [3.8, 4) is 0 Å². The molecule has 2 unspecified atom stereocenters. The summed E-state index contributed by atoms with van der Waals surface area (Å²) in [7, 11) is 5.96. The first-order valence-electron chi connectivity index (χ1n) is 26.3. The maximum absolute atomic E-state index is 12.8. The third-order valence-corrected chi connectivity index (χ3v) is 11.3. The van der Waals surface area contributed by atoms with Crippen LogP contribution in [0.4, 0.5) is 0 Å². The number of carboxylic acid groups (broad SMARTS) is 1. The van der Waals surface area contributed by atoms with Crippen LogP contribution in [0, 0.1) is 0 Å². The van der Waals surface area contributed by atoms with E-state index in [0.717, 1.165) is 70.6 Å². The van der Waals surface area contributed by atoms with Crippen LogP contribution in [-0.4, -0.2) is 87.4 Å². The summed E-state index contributed by atoms with van der Waals surface area (Å²) in [5.74, 6) is -2.02. The number of esters is 2. The number of hydrogen-bond acceptors (Lipinski definition) is 7. The minimum absolute atomic E-state index is 0.185. The van der Waals surface area contributed by atoms with Gasteiger partial charge in [-0.25, -0.2) is 4.79 Å². The van der Waals surface area contributed by atoms with Gasteiger partial charge >= 0.3 is 17.9 Å². The molecule has 9 nitrogen and oxygen atoms in total. The molecule has 0 saturated carbocycles. The molecule has 0 rings (SSSR count). The highest BCUT2D eigenvalue weighted by atomic mass is 16.7. The van der Waals surface area contributed by atoms with Gasteiger partial charge in [0, 0.05) is 12.8 Å². The summed E-state index contributed by atoms with van der Waals surface area (Å²) >= 11 is 0. The Morgan fingerprint density at radius 3 is 1.30 bits per heavy atom. The van der Waals surface area contributed by atoms with Crippen LogP contribution in [0.1, 0.15) is 226 Å². The Hall–Kier alpha value is -2.75. The van der Waals surface area contributed by atoms with Gasteiger partial charge < -0.3 is 28.5 Å². The van der Waals surface area contributed by atoms with E-state index in [-0.39, 0.29) is 32.2 Å². The van der Waals surface area contributed by atoms with E-state index >= 15 is 0 Å². The van der Waals surface area contributed by atoms with Crippen LogP contribution < -0.4 is 0 Å². The van der Waals surface area contributed by atoms with E-state index in [1.807, 2.05) is 21.1 Å². The first-order chi connectivity index (χ1) is 31.1. The average molecular weight is 903 g/mol. The lowest BCUT2D eigenvalue weighted by atomic mass is 10.0. The monoisotopic (exact) mass is 903 g/mol. The normalized spacial score (nSPS) is 13.2. The molecule has 372 valence electrons. The zero-order chi connectivity index (χ0) is 47.0. The number of ether oxygens (including phenoxy) is 4. The molecule has 9 heteroatoms. The number of unbranched alkanes of at least 4 members (excludes halogenated alkanes) is 25. The predicted octanol–water partition coefficient (Wildman–Crippen LogP) is 14.7. The van der Waals surface area contributed by atoms with Gasteiger partial charge in [0.25, 0.3) is 6.29 Å². The molecule has 0 aromatic rings. The summed E-state index contributed by atoms with van der Waals surface area (Å²) in [4.78, 5) is 37.2. The van der Waals surface area contributed by atoms with Crippen molar-refractivity contribution in [3.05, 3.63) is 48.6 Å². The molecule has 64 heavy (non-hydrogen) atoms. The first-order valence-corrected chi connectivity index (χ1v) is 26.3. The van der Waals surface area contributed by atoms with Crippen molar-refractivity contribution in [2.45, 2.75) is 238 Å². The van der Waals surface area contributed by atoms with Gasteiger partial charge in [-0.15, -0.1) is 0 Å². The highest BCUT2D eigenvalue weighted by Gasteiger charge is 2.25. The molecule has 0 aliphatic carbocycles. The van der Waals surface area contributed by atoms with Crippen LogP contribution in [0.5, 0.6) is 0 Å². The SMILES string of the molecule is CCCCC/C=C\CCCCCCCC(=O)OCC(COC(OCC[N+](C)(C)C)C(=O)O)OC(=O)CCCCCCCCCCCCCC/C=C\C/C=C\C/C=C\CCCCCCC. The molecule has 0 spiro atoms. The molecule has 0 aromatic carbocycles. The second kappa shape index (κ2) is 46.8. The molecule has 0 fully saturated rings. The largest absolute Gasteiger partial charge is 0.477 e. The number of likely N-dealkylation sites (N-methyl/N-ethyl adjacent to an activating group) is 1. The van der Waals surface area contributed by atoms with E-state index in [1.165, 1.54) is 128 Å². The molecule has 0 aliphatic rings. The van der Waals surface area contributed by atoms with Crippen molar-refractivity contribution >= 4 is 17.9 Å². The zero-order valence-corrected chi connectivity index (χ0v) is 42.2. The second-order valence-electron chi connectivity index (χ2n) is 18.8. The van der Waals surface area contributed by atoms with Crippen LogP contribution >= 0.6 is 0 Å². The topological polar surface area (TPSA) is 108 Å². The van der Waals surface area contributed by atoms with Gasteiger partial charge in [0.2, 0.25) is 0 Å². The Balaban J connectivity index is 4.23. The van der Waals surface area contributed by atoms with E-state index in [9.17, 15) is 19.5 Å². The van der Waals surface area contributed by atoms with Crippen LogP contribution in [0.25, 0.3) is 0 Å². The van der Waals surface area contributed by atoms with Gasteiger partial charge in [-0.1, -0.05) is 184 Å². The van der Waals surface area contributed by atoms with Crippen molar-refractivity contribution < 1.29 is 42.9 Å². The number of allylic oxidation sites excluding steroid dienone is 8. The zero-order valence-electron chi connectivity index (χ0n) is 42.2. The van der Waals surface area contributed by atoms with E-state index in [4.69, 9.17) is 18.9 Å². The predicted molar refractivity (Wildman–Crippen MR) is 267 cm³/mol. The van der Waals surface area contributed by atoms with Gasteiger partial charge in [0.15, 0.2) is 6.10 Å². The first kappa shape index (κ1) is 61.2. The Morgan fingerprint density at radius 1 is 0.469 bits per heavy atom. The molecule has 2 atom stereocenters. The van der Waals surface area contributed by atoms with Crippen molar-refractivity contribution in [3.63, 3.8) is 0 Å². The summed E-state index contributed by atoms with van der Waals surface area (Å²) in [6, 6.07) is 0. The molecule has 1 N–H and O–H groups in total. The van der Waals surface area contributed by atoms with Gasteiger partial charge in [-0.2, -0.15) is 0 Å². The summed E-state index contributed by atoms with van der Waals surface area (Å²) in [6.07, 6.45) is 53.2. The van der Waals surface area contributed by atoms with Crippen LogP contribution in [0.15, 0.2) is 48.6 Å². The van der Waals surface area contributed by atoms with Gasteiger partial charge in [0.05, 0.1) is 34.4 Å². The number of rotatable bonds is 48. The summed E-state index contributed by atoms with van der Waals surface area (Å²) < 4.78 is 22.8. The van der Waals surface area contributed by atoms with Crippen LogP contribution in [0.3, 0.4) is 0 Å². The summed E-state index contributed by atoms with van der Waals surface area (Å²) in [5.41, 5.74) is 0. The smallest absolute Gasteiger partial charge is 0.361 e. The summed E-state index contributed by atoms with van der Waals surface area (Å²) in [5, 5.41) is 9.66. The van der Waals surface area contributed by atoms with Crippen LogP contribution in [0.2, 0.25) is 0 Å². The van der Waals surface area contributed by atoms with E-state index in [1.54, 1.807) is 0 Å². The number of carbonyl (C=O) groups is 3. The number of carboxylic acids is 1. The minimum atomic E-state index is -1.51. The van der Waals surface area contributed by atoms with E-state index in [2.05, 4.69) is 62.5 Å². The summed E-state index contributed by atoms with van der Waals surface area (Å²) in [6.45, 7) is 4.83. The lowest BCUT2D eigenvalue weighted by Gasteiger charge is -2.25. The average Bonchev–Trinajstić information content (AvgIpc) is 3.26. The third-order valence-electron chi connectivity index (χ3n) is 11.3. The molecule has 0 heterocycles. The quantitative estimate of drug-likeness (QED) is 0.0211. The highest BCUT2D eigenvalue weighted by molar-refractivity contribution is 5.71. The fraction of sp³-hybridized carbons (Fsp3) is 0.800. The number of quaternary nitrogens is 1. The van der Waals surface area contributed by atoms with Gasteiger partial charge in [-0.3, -0.25) is 9.59 Å². The third kappa shape index (κ3) is 47.2. The molecule has 0 radical (unpaired) electrons. The Morgan fingerprint density at radius 2 is 0.844 bits per heavy atom. The molecule has 0 amide bonds. The maximum atomic E-state index is 12.8. The van der Waals surface area contributed by atoms with Crippen molar-refractivity contribution in [2.75, 3.05) is 47.5 Å². The Bertz CT molecular complexity index is 1190. The lowest BCUT2D eigenvalue weighted by Crippen LogP contribution is -2.40. The maximum Gasteiger partial charge on any atom is 0.361 e. The lowest BCUT2D eigenvalue weighted by molar-refractivity contribution is -0.870. The van der Waals surface area contributed by atoms with Crippen molar-refractivity contribution in [1.82, 2.24) is 0 Å². The van der Waals surface area contributed by atoms with Gasteiger partial charge in [0.1, 0.15) is 13.2 Å². The van der Waals surface area contributed by atoms with Crippen molar-refractivity contribution in [2.24, 2.45) is 0 Å². The molecule has 0 saturated heterocycles. The standard InChI is InChI=1S/C55H99NO8/c1-6-8-10-12-14-16-18-20-21-22-23-24-25-26-27-28-29-30-31-32-33-34-36-38-40-42-44-46-53(58)64-51(50-63-55(54(59)60)61-48-47-56(3,4)5)49-62-52(57)45-43-41-39-37-35-19-17-15-13-11-9-7-2/h15,17-18,20,22-23,25-26,51,55H,6-14,16,19,21,24,27-50H2,1-5H3/p+1/b17-15-,20-18-,23-22-,26-25-.